The summed E-state index contributed by atoms with van der Waals surface area (Å²) in [6, 6.07) is 12.2. The van der Waals surface area contributed by atoms with Crippen molar-refractivity contribution in [2.75, 3.05) is 19.6 Å². The maximum absolute atomic E-state index is 13.3. The molecule has 1 aromatic carbocycles. The van der Waals surface area contributed by atoms with Crippen LogP contribution in [0.4, 0.5) is 0 Å². The van der Waals surface area contributed by atoms with Gasteiger partial charge in [0.1, 0.15) is 0 Å². The Kier molecular flexibility index (Phi) is 6.16. The first-order chi connectivity index (χ1) is 14.6. The van der Waals surface area contributed by atoms with Gasteiger partial charge in [0.2, 0.25) is 11.8 Å². The van der Waals surface area contributed by atoms with Gasteiger partial charge < -0.3 is 10.2 Å². The molecule has 158 valence electrons. The average Bonchev–Trinajstić information content (AvgIpc) is 2.74. The number of benzene rings is 1. The van der Waals surface area contributed by atoms with Crippen LogP contribution in [-0.4, -0.2) is 41.3 Å². The van der Waals surface area contributed by atoms with Crippen LogP contribution in [0, 0.1) is 11.3 Å². The molecule has 2 fully saturated rings. The van der Waals surface area contributed by atoms with E-state index in [1.54, 1.807) is 6.20 Å². The Morgan fingerprint density at radius 2 is 2.00 bits per heavy atom. The van der Waals surface area contributed by atoms with Gasteiger partial charge in [0.25, 0.3) is 0 Å². The minimum atomic E-state index is -0.591. The number of nitrogens with zero attached hydrogens (tertiary/aromatic N) is 2. The fourth-order valence-electron chi connectivity index (χ4n) is 4.83. The molecule has 0 bridgehead atoms. The standard InChI is InChI=1S/C25H31N3O2/c1-2-27-24(30)25(13-7-15-28(18-25)23(29)19-9-5-10-19)16-20-8-3-4-12-22(20)21-11-6-14-26-17-21/h3-4,6,8,11-12,14,17,19H,2,5,7,9-10,13,15-16,18H2,1H3,(H,27,30)/t25-/m0/s1. The monoisotopic (exact) mass is 405 g/mol. The second-order valence-corrected chi connectivity index (χ2v) is 8.71. The summed E-state index contributed by atoms with van der Waals surface area (Å²) in [5.41, 5.74) is 2.70. The molecule has 5 nitrogen and oxygen atoms in total. The summed E-state index contributed by atoms with van der Waals surface area (Å²) in [6.07, 6.45) is 9.06. The third-order valence-corrected chi connectivity index (χ3v) is 6.68. The van der Waals surface area contributed by atoms with E-state index in [0.29, 0.717) is 19.5 Å². The molecule has 4 rings (SSSR count). The molecule has 1 aliphatic heterocycles. The molecule has 1 N–H and O–H groups in total. The summed E-state index contributed by atoms with van der Waals surface area (Å²) >= 11 is 0. The van der Waals surface area contributed by atoms with Crippen molar-refractivity contribution in [3.63, 3.8) is 0 Å². The third-order valence-electron chi connectivity index (χ3n) is 6.68. The normalized spacial score (nSPS) is 21.7. The van der Waals surface area contributed by atoms with Crippen molar-refractivity contribution in [3.05, 3.63) is 54.4 Å². The molecule has 1 aliphatic carbocycles. The van der Waals surface area contributed by atoms with Crippen molar-refractivity contribution >= 4 is 11.8 Å². The number of aromatic nitrogens is 1. The highest BCUT2D eigenvalue weighted by atomic mass is 16.2. The van der Waals surface area contributed by atoms with Gasteiger partial charge in [0.05, 0.1) is 5.41 Å². The molecular weight excluding hydrogens is 374 g/mol. The fraction of sp³-hybridized carbons (Fsp3) is 0.480. The molecule has 1 atom stereocenters. The fourth-order valence-corrected chi connectivity index (χ4v) is 4.83. The maximum atomic E-state index is 13.3. The predicted molar refractivity (Wildman–Crippen MR) is 118 cm³/mol. The number of likely N-dealkylation sites (tertiary alicyclic amines) is 1. The topological polar surface area (TPSA) is 62.3 Å². The number of hydrogen-bond donors (Lipinski definition) is 1. The van der Waals surface area contributed by atoms with Crippen LogP contribution in [0.3, 0.4) is 0 Å². The molecule has 30 heavy (non-hydrogen) atoms. The van der Waals surface area contributed by atoms with E-state index in [0.717, 1.165) is 55.3 Å². The van der Waals surface area contributed by atoms with Gasteiger partial charge in [0, 0.05) is 43.5 Å². The van der Waals surface area contributed by atoms with Crippen molar-refractivity contribution < 1.29 is 9.59 Å². The quantitative estimate of drug-likeness (QED) is 0.794. The van der Waals surface area contributed by atoms with Gasteiger partial charge in [-0.2, -0.15) is 0 Å². The van der Waals surface area contributed by atoms with Gasteiger partial charge in [0.15, 0.2) is 0 Å². The molecule has 1 aromatic heterocycles. The Morgan fingerprint density at radius 1 is 1.17 bits per heavy atom. The molecule has 1 saturated carbocycles. The van der Waals surface area contributed by atoms with Gasteiger partial charge >= 0.3 is 0 Å². The van der Waals surface area contributed by atoms with Crippen molar-refractivity contribution in [1.29, 1.82) is 0 Å². The highest BCUT2D eigenvalue weighted by molar-refractivity contribution is 5.86. The highest BCUT2D eigenvalue weighted by Gasteiger charge is 2.45. The molecule has 1 saturated heterocycles. The van der Waals surface area contributed by atoms with Gasteiger partial charge in [-0.1, -0.05) is 36.8 Å². The van der Waals surface area contributed by atoms with E-state index in [9.17, 15) is 9.59 Å². The van der Waals surface area contributed by atoms with Gasteiger partial charge in [-0.05, 0) is 56.2 Å². The number of carbonyl (C=O) groups is 2. The Morgan fingerprint density at radius 3 is 2.70 bits per heavy atom. The first kappa shape index (κ1) is 20.6. The smallest absolute Gasteiger partial charge is 0.228 e. The SMILES string of the molecule is CCNC(=O)[C@]1(Cc2ccccc2-c2cccnc2)CCCN(C(=O)C2CCC2)C1. The van der Waals surface area contributed by atoms with Crippen LogP contribution in [0.2, 0.25) is 0 Å². The minimum Gasteiger partial charge on any atom is -0.356 e. The first-order valence-corrected chi connectivity index (χ1v) is 11.2. The second kappa shape index (κ2) is 8.99. The number of piperidine rings is 1. The number of pyridine rings is 1. The molecule has 2 aromatic rings. The molecular formula is C25H31N3O2. The molecule has 0 spiro atoms. The van der Waals surface area contributed by atoms with Gasteiger partial charge in [-0.15, -0.1) is 0 Å². The number of amides is 2. The first-order valence-electron chi connectivity index (χ1n) is 11.2. The Hall–Kier alpha value is -2.69. The molecule has 2 aliphatic rings. The minimum absolute atomic E-state index is 0.0668. The lowest BCUT2D eigenvalue weighted by atomic mass is 9.72. The van der Waals surface area contributed by atoms with Crippen LogP contribution < -0.4 is 5.32 Å². The summed E-state index contributed by atoms with van der Waals surface area (Å²) in [7, 11) is 0. The lowest BCUT2D eigenvalue weighted by molar-refractivity contribution is -0.146. The zero-order valence-corrected chi connectivity index (χ0v) is 17.8. The molecule has 2 heterocycles. The Bertz CT molecular complexity index is 894. The van der Waals surface area contributed by atoms with Crippen molar-refractivity contribution in [2.24, 2.45) is 11.3 Å². The van der Waals surface area contributed by atoms with E-state index in [1.165, 1.54) is 0 Å². The highest BCUT2D eigenvalue weighted by Crippen LogP contribution is 2.39. The summed E-state index contributed by atoms with van der Waals surface area (Å²) < 4.78 is 0. The number of nitrogens with one attached hydrogen (secondary N) is 1. The van der Waals surface area contributed by atoms with Gasteiger partial charge in [-0.3, -0.25) is 14.6 Å². The van der Waals surface area contributed by atoms with Crippen LogP contribution in [0.15, 0.2) is 48.8 Å². The molecule has 2 amide bonds. The summed E-state index contributed by atoms with van der Waals surface area (Å²) in [6.45, 7) is 3.83. The summed E-state index contributed by atoms with van der Waals surface area (Å²) in [5.74, 6) is 0.477. The Balaban J connectivity index is 1.65. The van der Waals surface area contributed by atoms with Crippen LogP contribution in [0.1, 0.15) is 44.6 Å². The van der Waals surface area contributed by atoms with E-state index in [-0.39, 0.29) is 17.7 Å². The lowest BCUT2D eigenvalue weighted by Gasteiger charge is -2.44. The molecule has 0 radical (unpaired) electrons. The average molecular weight is 406 g/mol. The van der Waals surface area contributed by atoms with Crippen molar-refractivity contribution in [2.45, 2.75) is 45.4 Å². The van der Waals surface area contributed by atoms with E-state index < -0.39 is 5.41 Å². The molecule has 5 heteroatoms. The third kappa shape index (κ3) is 4.11. The van der Waals surface area contributed by atoms with Gasteiger partial charge in [-0.25, -0.2) is 0 Å². The van der Waals surface area contributed by atoms with E-state index in [1.807, 2.05) is 36.2 Å². The van der Waals surface area contributed by atoms with Crippen molar-refractivity contribution in [1.82, 2.24) is 15.2 Å². The predicted octanol–water partition coefficient (Wildman–Crippen LogP) is 3.84. The number of carbonyl (C=O) groups excluding carboxylic acids is 2. The second-order valence-electron chi connectivity index (χ2n) is 8.71. The van der Waals surface area contributed by atoms with Crippen LogP contribution >= 0.6 is 0 Å². The largest absolute Gasteiger partial charge is 0.356 e. The van der Waals surface area contributed by atoms with E-state index in [2.05, 4.69) is 28.5 Å². The van der Waals surface area contributed by atoms with Crippen LogP contribution in [-0.2, 0) is 16.0 Å². The molecule has 0 unspecified atom stereocenters. The maximum Gasteiger partial charge on any atom is 0.228 e. The number of rotatable bonds is 6. The van der Waals surface area contributed by atoms with E-state index in [4.69, 9.17) is 0 Å². The van der Waals surface area contributed by atoms with Crippen LogP contribution in [0.5, 0.6) is 0 Å². The number of hydrogen-bond acceptors (Lipinski definition) is 3. The zero-order chi connectivity index (χ0) is 21.0. The summed E-state index contributed by atoms with van der Waals surface area (Å²) in [4.78, 5) is 32.5. The summed E-state index contributed by atoms with van der Waals surface area (Å²) in [5, 5.41) is 3.06. The van der Waals surface area contributed by atoms with Crippen molar-refractivity contribution in [3.8, 4) is 11.1 Å². The van der Waals surface area contributed by atoms with E-state index >= 15 is 0 Å². The Labute approximate surface area is 178 Å². The zero-order valence-electron chi connectivity index (χ0n) is 17.8. The lowest BCUT2D eigenvalue weighted by Crippen LogP contribution is -2.55. The van der Waals surface area contributed by atoms with Crippen LogP contribution in [0.25, 0.3) is 11.1 Å².